The zero-order chi connectivity index (χ0) is 13.1. The van der Waals surface area contributed by atoms with E-state index in [-0.39, 0.29) is 11.6 Å². The smallest absolute Gasteiger partial charge is 0.159 e. The van der Waals surface area contributed by atoms with E-state index >= 15 is 0 Å². The lowest BCUT2D eigenvalue weighted by atomic mass is 10.00. The number of nitriles is 1. The van der Waals surface area contributed by atoms with Crippen molar-refractivity contribution in [2.75, 3.05) is 0 Å². The van der Waals surface area contributed by atoms with Gasteiger partial charge in [0.25, 0.3) is 0 Å². The van der Waals surface area contributed by atoms with Crippen LogP contribution in [0.1, 0.15) is 22.8 Å². The highest BCUT2D eigenvalue weighted by atomic mass is 19.1. The van der Waals surface area contributed by atoms with Crippen molar-refractivity contribution < 1.29 is 9.18 Å². The highest BCUT2D eigenvalue weighted by molar-refractivity contribution is 5.95. The van der Waals surface area contributed by atoms with Crippen LogP contribution in [0.3, 0.4) is 0 Å². The highest BCUT2D eigenvalue weighted by Crippen LogP contribution is 2.24. The van der Waals surface area contributed by atoms with Gasteiger partial charge < -0.3 is 0 Å². The van der Waals surface area contributed by atoms with Crippen LogP contribution in [0.4, 0.5) is 4.39 Å². The van der Waals surface area contributed by atoms with Gasteiger partial charge in [0.15, 0.2) is 5.78 Å². The molecule has 0 radical (unpaired) electrons. The minimum Gasteiger partial charge on any atom is -0.295 e. The second-order valence-electron chi connectivity index (χ2n) is 3.94. The molecule has 0 aliphatic rings. The number of carbonyl (C=O) groups is 1. The van der Waals surface area contributed by atoms with E-state index < -0.39 is 0 Å². The van der Waals surface area contributed by atoms with Crippen LogP contribution in [0.5, 0.6) is 0 Å². The highest BCUT2D eigenvalue weighted by Gasteiger charge is 2.08. The van der Waals surface area contributed by atoms with Crippen molar-refractivity contribution in [1.82, 2.24) is 0 Å². The second kappa shape index (κ2) is 4.80. The summed E-state index contributed by atoms with van der Waals surface area (Å²) in [5, 5.41) is 8.70. The average Bonchev–Trinajstić information content (AvgIpc) is 2.39. The van der Waals surface area contributed by atoms with Crippen molar-refractivity contribution in [3.8, 4) is 17.2 Å². The predicted octanol–water partition coefficient (Wildman–Crippen LogP) is 3.57. The number of rotatable bonds is 2. The summed E-state index contributed by atoms with van der Waals surface area (Å²) < 4.78 is 13.7. The Morgan fingerprint density at radius 2 is 1.83 bits per heavy atom. The van der Waals surface area contributed by atoms with Crippen LogP contribution in [0.2, 0.25) is 0 Å². The standard InChI is InChI=1S/C15H10FNO/c1-10(18)13-6-7-15(16)14(8-13)12-4-2-11(9-17)3-5-12/h2-8H,1H3. The molecule has 2 aromatic carbocycles. The van der Waals surface area contributed by atoms with Crippen LogP contribution < -0.4 is 0 Å². The predicted molar refractivity (Wildman–Crippen MR) is 66.6 cm³/mol. The molecule has 0 bridgehead atoms. The van der Waals surface area contributed by atoms with Gasteiger partial charge in [-0.1, -0.05) is 12.1 Å². The van der Waals surface area contributed by atoms with E-state index in [0.29, 0.717) is 22.3 Å². The van der Waals surface area contributed by atoms with Gasteiger partial charge in [0, 0.05) is 11.1 Å². The normalized spacial score (nSPS) is 9.83. The van der Waals surface area contributed by atoms with E-state index in [0.717, 1.165) is 0 Å². The molecule has 2 rings (SSSR count). The first kappa shape index (κ1) is 12.0. The number of nitrogens with zero attached hydrogens (tertiary/aromatic N) is 1. The third-order valence-electron chi connectivity index (χ3n) is 2.70. The summed E-state index contributed by atoms with van der Waals surface area (Å²) in [5.74, 6) is -0.491. The number of ketones is 1. The molecule has 0 unspecified atom stereocenters. The molecule has 18 heavy (non-hydrogen) atoms. The Labute approximate surface area is 104 Å². The van der Waals surface area contributed by atoms with Gasteiger partial charge in [0.2, 0.25) is 0 Å². The summed E-state index contributed by atoms with van der Waals surface area (Å²) >= 11 is 0. The number of carbonyl (C=O) groups excluding carboxylic acids is 1. The lowest BCUT2D eigenvalue weighted by molar-refractivity contribution is 0.101. The van der Waals surface area contributed by atoms with Crippen molar-refractivity contribution in [1.29, 1.82) is 5.26 Å². The molecule has 0 N–H and O–H groups in total. The number of halogens is 1. The first-order chi connectivity index (χ1) is 8.61. The maximum Gasteiger partial charge on any atom is 0.159 e. The Morgan fingerprint density at radius 1 is 1.17 bits per heavy atom. The molecule has 0 saturated heterocycles. The summed E-state index contributed by atoms with van der Waals surface area (Å²) in [6, 6.07) is 12.8. The molecule has 0 aromatic heterocycles. The van der Waals surface area contributed by atoms with Crippen LogP contribution in [-0.2, 0) is 0 Å². The SMILES string of the molecule is CC(=O)c1ccc(F)c(-c2ccc(C#N)cc2)c1. The van der Waals surface area contributed by atoms with E-state index in [2.05, 4.69) is 0 Å². The van der Waals surface area contributed by atoms with Crippen LogP contribution in [0, 0.1) is 17.1 Å². The lowest BCUT2D eigenvalue weighted by Crippen LogP contribution is -1.94. The van der Waals surface area contributed by atoms with Crippen molar-refractivity contribution >= 4 is 5.78 Å². The average molecular weight is 239 g/mol. The van der Waals surface area contributed by atoms with E-state index in [1.807, 2.05) is 6.07 Å². The number of hydrogen-bond donors (Lipinski definition) is 0. The molecule has 3 heteroatoms. The van der Waals surface area contributed by atoms with Gasteiger partial charge >= 0.3 is 0 Å². The van der Waals surface area contributed by atoms with Crippen molar-refractivity contribution in [3.63, 3.8) is 0 Å². The van der Waals surface area contributed by atoms with Gasteiger partial charge in [-0.05, 0) is 42.8 Å². The van der Waals surface area contributed by atoms with E-state index in [4.69, 9.17) is 5.26 Å². The molecule has 0 saturated carbocycles. The van der Waals surface area contributed by atoms with Crippen molar-refractivity contribution in [2.45, 2.75) is 6.92 Å². The van der Waals surface area contributed by atoms with Crippen LogP contribution in [-0.4, -0.2) is 5.78 Å². The quantitative estimate of drug-likeness (QED) is 0.752. The summed E-state index contributed by atoms with van der Waals surface area (Å²) in [5.41, 5.74) is 2.00. The fraction of sp³-hybridized carbons (Fsp3) is 0.0667. The van der Waals surface area contributed by atoms with Crippen molar-refractivity contribution in [3.05, 3.63) is 59.4 Å². The topological polar surface area (TPSA) is 40.9 Å². The Morgan fingerprint density at radius 3 is 2.39 bits per heavy atom. The third-order valence-corrected chi connectivity index (χ3v) is 2.70. The Kier molecular flexibility index (Phi) is 3.20. The zero-order valence-corrected chi connectivity index (χ0v) is 9.77. The summed E-state index contributed by atoms with van der Waals surface area (Å²) in [4.78, 5) is 11.3. The van der Waals surface area contributed by atoms with E-state index in [1.54, 1.807) is 24.3 Å². The van der Waals surface area contributed by atoms with Crippen molar-refractivity contribution in [2.24, 2.45) is 0 Å². The van der Waals surface area contributed by atoms with Gasteiger partial charge in [-0.2, -0.15) is 5.26 Å². The Balaban J connectivity index is 2.52. The third kappa shape index (κ3) is 2.28. The zero-order valence-electron chi connectivity index (χ0n) is 9.77. The van der Waals surface area contributed by atoms with E-state index in [1.165, 1.54) is 25.1 Å². The molecule has 0 aliphatic carbocycles. The summed E-state index contributed by atoms with van der Waals surface area (Å²) in [6.45, 7) is 1.44. The maximum atomic E-state index is 13.7. The monoisotopic (exact) mass is 239 g/mol. The molecule has 0 spiro atoms. The number of Topliss-reactive ketones (excluding diaryl/α,β-unsaturated/α-hetero) is 1. The largest absolute Gasteiger partial charge is 0.295 e. The van der Waals surface area contributed by atoms with Crippen LogP contribution in [0.15, 0.2) is 42.5 Å². The van der Waals surface area contributed by atoms with Gasteiger partial charge in [-0.15, -0.1) is 0 Å². The Hall–Kier alpha value is -2.47. The minimum atomic E-state index is -0.385. The summed E-state index contributed by atoms with van der Waals surface area (Å²) in [7, 11) is 0. The molecule has 0 aliphatic heterocycles. The molecule has 0 atom stereocenters. The fourth-order valence-corrected chi connectivity index (χ4v) is 1.69. The van der Waals surface area contributed by atoms with Crippen LogP contribution in [0.25, 0.3) is 11.1 Å². The number of hydrogen-bond acceptors (Lipinski definition) is 2. The maximum absolute atomic E-state index is 13.7. The molecular weight excluding hydrogens is 229 g/mol. The van der Waals surface area contributed by atoms with E-state index in [9.17, 15) is 9.18 Å². The van der Waals surface area contributed by atoms with Gasteiger partial charge in [0.1, 0.15) is 5.82 Å². The molecule has 0 heterocycles. The first-order valence-corrected chi connectivity index (χ1v) is 5.43. The molecule has 0 fully saturated rings. The first-order valence-electron chi connectivity index (χ1n) is 5.43. The van der Waals surface area contributed by atoms with Gasteiger partial charge in [0.05, 0.1) is 11.6 Å². The molecule has 0 amide bonds. The fourth-order valence-electron chi connectivity index (χ4n) is 1.69. The molecule has 2 aromatic rings. The Bertz CT molecular complexity index is 639. The lowest BCUT2D eigenvalue weighted by Gasteiger charge is -2.05. The number of benzene rings is 2. The second-order valence-corrected chi connectivity index (χ2v) is 3.94. The molecular formula is C15H10FNO. The summed E-state index contributed by atoms with van der Waals surface area (Å²) in [6.07, 6.45) is 0. The molecule has 88 valence electrons. The van der Waals surface area contributed by atoms with Gasteiger partial charge in [-0.3, -0.25) is 4.79 Å². The van der Waals surface area contributed by atoms with Gasteiger partial charge in [-0.25, -0.2) is 4.39 Å². The molecule has 2 nitrogen and oxygen atoms in total. The van der Waals surface area contributed by atoms with Crippen LogP contribution >= 0.6 is 0 Å². The minimum absolute atomic E-state index is 0.107.